The summed E-state index contributed by atoms with van der Waals surface area (Å²) in [5.41, 5.74) is 4.24. The zero-order chi connectivity index (χ0) is 23.7. The lowest BCUT2D eigenvalue weighted by Crippen LogP contribution is -2.49. The summed E-state index contributed by atoms with van der Waals surface area (Å²) in [6.07, 6.45) is 2.31. The van der Waals surface area contributed by atoms with Gasteiger partial charge in [0.1, 0.15) is 5.82 Å². The highest BCUT2D eigenvalue weighted by Gasteiger charge is 2.29. The molecule has 2 aliphatic rings. The van der Waals surface area contributed by atoms with Gasteiger partial charge in [-0.05, 0) is 47.9 Å². The zero-order valence-corrected chi connectivity index (χ0v) is 19.2. The number of hydrogen-bond donors (Lipinski definition) is 0. The van der Waals surface area contributed by atoms with Crippen LogP contribution < -0.4 is 4.90 Å². The molecule has 2 aliphatic heterocycles. The molecular formula is C26H26FN5O2. The van der Waals surface area contributed by atoms with Crippen molar-refractivity contribution < 1.29 is 13.6 Å². The molecule has 1 fully saturated rings. The van der Waals surface area contributed by atoms with E-state index in [4.69, 9.17) is 9.41 Å². The zero-order valence-electron chi connectivity index (χ0n) is 19.2. The number of aliphatic imine (C=N–C) groups is 1. The average molecular weight is 460 g/mol. The first-order valence-corrected chi connectivity index (χ1v) is 11.4. The number of benzene rings is 2. The third-order valence-corrected chi connectivity index (χ3v) is 6.29. The molecule has 1 amide bonds. The molecule has 1 atom stereocenters. The van der Waals surface area contributed by atoms with E-state index in [1.165, 1.54) is 6.07 Å². The fourth-order valence-corrected chi connectivity index (χ4v) is 4.40. The molecule has 7 nitrogen and oxygen atoms in total. The second-order valence-electron chi connectivity index (χ2n) is 8.64. The second-order valence-corrected chi connectivity index (χ2v) is 8.64. The van der Waals surface area contributed by atoms with E-state index in [1.54, 1.807) is 26.0 Å². The van der Waals surface area contributed by atoms with Gasteiger partial charge in [-0.2, -0.15) is 0 Å². The van der Waals surface area contributed by atoms with Crippen LogP contribution in [0.15, 0.2) is 64.0 Å². The molecule has 174 valence electrons. The van der Waals surface area contributed by atoms with Gasteiger partial charge < -0.3 is 14.2 Å². The van der Waals surface area contributed by atoms with E-state index in [2.05, 4.69) is 10.2 Å². The van der Waals surface area contributed by atoms with Crippen LogP contribution in [0.1, 0.15) is 29.0 Å². The Kier molecular flexibility index (Phi) is 5.96. The van der Waals surface area contributed by atoms with Crippen molar-refractivity contribution in [3.05, 3.63) is 83.0 Å². The molecule has 1 unspecified atom stereocenters. The fraction of sp³-hybridized carbons (Fsp3) is 0.308. The Morgan fingerprint density at radius 2 is 1.79 bits per heavy atom. The van der Waals surface area contributed by atoms with Gasteiger partial charge in [-0.25, -0.2) is 4.39 Å². The topological polar surface area (TPSA) is 74.8 Å². The summed E-state index contributed by atoms with van der Waals surface area (Å²) >= 11 is 0. The summed E-state index contributed by atoms with van der Waals surface area (Å²) in [6, 6.07) is 15.2. The van der Waals surface area contributed by atoms with Crippen molar-refractivity contribution in [3.8, 4) is 0 Å². The summed E-state index contributed by atoms with van der Waals surface area (Å²) in [5, 5.41) is 7.95. The van der Waals surface area contributed by atoms with Crippen molar-refractivity contribution >= 4 is 23.2 Å². The SMILES string of the molecule is Cc1nnc(N2CCN(C(=O)CC3N=C(c4ccc(F)c(C)c4)C=C3c3ccccc3)CC2)o1. The third-order valence-electron chi connectivity index (χ3n) is 6.29. The van der Waals surface area contributed by atoms with Gasteiger partial charge in [-0.3, -0.25) is 9.79 Å². The maximum atomic E-state index is 13.8. The molecule has 0 aliphatic carbocycles. The number of aromatic nitrogens is 2. The normalized spacial score (nSPS) is 18.1. The quantitative estimate of drug-likeness (QED) is 0.580. The number of hydrogen-bond acceptors (Lipinski definition) is 6. The van der Waals surface area contributed by atoms with E-state index in [9.17, 15) is 9.18 Å². The minimum Gasteiger partial charge on any atom is -0.408 e. The molecule has 0 bridgehead atoms. The number of nitrogens with zero attached hydrogens (tertiary/aromatic N) is 5. The summed E-state index contributed by atoms with van der Waals surface area (Å²) in [6.45, 7) is 5.96. The van der Waals surface area contributed by atoms with Gasteiger partial charge in [0.15, 0.2) is 0 Å². The monoisotopic (exact) mass is 459 g/mol. The van der Waals surface area contributed by atoms with Gasteiger partial charge >= 0.3 is 6.01 Å². The standard InChI is InChI=1S/C26H26FN5O2/c1-17-14-20(8-9-22(17)27)23-15-21(19-6-4-3-5-7-19)24(28-23)16-25(33)31-10-12-32(13-11-31)26-30-29-18(2)34-26/h3-9,14-15,24H,10-13,16H2,1-2H3. The maximum Gasteiger partial charge on any atom is 0.318 e. The number of aryl methyl sites for hydroxylation is 2. The molecule has 1 saturated heterocycles. The molecule has 0 radical (unpaired) electrons. The predicted octanol–water partition coefficient (Wildman–Crippen LogP) is 3.82. The van der Waals surface area contributed by atoms with Crippen molar-refractivity contribution in [1.29, 1.82) is 0 Å². The summed E-state index contributed by atoms with van der Waals surface area (Å²) in [4.78, 5) is 22.0. The average Bonchev–Trinajstić information content (AvgIpc) is 3.48. The van der Waals surface area contributed by atoms with Gasteiger partial charge in [-0.15, -0.1) is 5.10 Å². The van der Waals surface area contributed by atoms with Crippen LogP contribution in [0.25, 0.3) is 5.57 Å². The van der Waals surface area contributed by atoms with E-state index in [-0.39, 0.29) is 24.2 Å². The van der Waals surface area contributed by atoms with Crippen LogP contribution in [-0.2, 0) is 4.79 Å². The molecule has 1 aromatic heterocycles. The van der Waals surface area contributed by atoms with Crippen LogP contribution in [0.5, 0.6) is 0 Å². The molecule has 8 heteroatoms. The Labute approximate surface area is 197 Å². The summed E-state index contributed by atoms with van der Waals surface area (Å²) in [5.74, 6) is 0.352. The van der Waals surface area contributed by atoms with Crippen LogP contribution in [0.3, 0.4) is 0 Å². The Hall–Kier alpha value is -3.81. The molecular weight excluding hydrogens is 433 g/mol. The predicted molar refractivity (Wildman–Crippen MR) is 128 cm³/mol. The van der Waals surface area contributed by atoms with Crippen molar-refractivity contribution in [3.63, 3.8) is 0 Å². The largest absolute Gasteiger partial charge is 0.408 e. The van der Waals surface area contributed by atoms with Crippen molar-refractivity contribution in [2.24, 2.45) is 4.99 Å². The van der Waals surface area contributed by atoms with Crippen molar-refractivity contribution in [1.82, 2.24) is 15.1 Å². The molecule has 0 spiro atoms. The Bertz CT molecular complexity index is 1260. The van der Waals surface area contributed by atoms with Gasteiger partial charge in [0.25, 0.3) is 0 Å². The van der Waals surface area contributed by atoms with Crippen LogP contribution in [-0.4, -0.2) is 58.9 Å². The number of carbonyl (C=O) groups is 1. The number of amides is 1. The van der Waals surface area contributed by atoms with Crippen LogP contribution in [0.4, 0.5) is 10.4 Å². The van der Waals surface area contributed by atoms with E-state index in [1.807, 2.05) is 46.2 Å². The van der Waals surface area contributed by atoms with Crippen LogP contribution in [0.2, 0.25) is 0 Å². The first-order chi connectivity index (χ1) is 16.5. The lowest BCUT2D eigenvalue weighted by molar-refractivity contribution is -0.131. The Balaban J connectivity index is 1.32. The minimum atomic E-state index is -0.285. The van der Waals surface area contributed by atoms with Gasteiger partial charge in [-0.1, -0.05) is 35.4 Å². The summed E-state index contributed by atoms with van der Waals surface area (Å²) < 4.78 is 19.3. The first-order valence-electron chi connectivity index (χ1n) is 11.4. The molecule has 2 aromatic carbocycles. The lowest BCUT2D eigenvalue weighted by Gasteiger charge is -2.34. The second kappa shape index (κ2) is 9.21. The Morgan fingerprint density at radius 3 is 2.47 bits per heavy atom. The highest BCUT2D eigenvalue weighted by Crippen LogP contribution is 2.31. The van der Waals surface area contributed by atoms with Gasteiger partial charge in [0.2, 0.25) is 11.8 Å². The number of anilines is 1. The molecule has 3 aromatic rings. The molecule has 5 rings (SSSR count). The fourth-order valence-electron chi connectivity index (χ4n) is 4.40. The van der Waals surface area contributed by atoms with Crippen molar-refractivity contribution in [2.45, 2.75) is 26.3 Å². The summed E-state index contributed by atoms with van der Waals surface area (Å²) in [7, 11) is 0. The lowest BCUT2D eigenvalue weighted by atomic mass is 9.96. The first kappa shape index (κ1) is 22.0. The van der Waals surface area contributed by atoms with Crippen LogP contribution >= 0.6 is 0 Å². The van der Waals surface area contributed by atoms with E-state index >= 15 is 0 Å². The highest BCUT2D eigenvalue weighted by atomic mass is 19.1. The number of halogens is 1. The third kappa shape index (κ3) is 4.48. The van der Waals surface area contributed by atoms with Gasteiger partial charge in [0, 0.05) is 38.7 Å². The van der Waals surface area contributed by atoms with E-state index < -0.39 is 0 Å². The number of allylic oxidation sites excluding steroid dienone is 1. The number of piperazine rings is 1. The van der Waals surface area contributed by atoms with E-state index in [0.717, 1.165) is 22.4 Å². The highest BCUT2D eigenvalue weighted by molar-refractivity contribution is 6.16. The molecule has 34 heavy (non-hydrogen) atoms. The molecule has 0 saturated carbocycles. The number of carbonyl (C=O) groups excluding carboxylic acids is 1. The molecule has 0 N–H and O–H groups in total. The van der Waals surface area contributed by atoms with E-state index in [0.29, 0.717) is 43.6 Å². The Morgan fingerprint density at radius 1 is 1.03 bits per heavy atom. The maximum absolute atomic E-state index is 13.8. The van der Waals surface area contributed by atoms with Crippen LogP contribution in [0, 0.1) is 19.7 Å². The van der Waals surface area contributed by atoms with Gasteiger partial charge in [0.05, 0.1) is 18.2 Å². The van der Waals surface area contributed by atoms with Crippen molar-refractivity contribution in [2.75, 3.05) is 31.1 Å². The molecule has 3 heterocycles. The number of rotatable bonds is 5. The smallest absolute Gasteiger partial charge is 0.318 e. The minimum absolute atomic E-state index is 0.0634.